The molecule has 3 N–H and O–H groups in total. The summed E-state index contributed by atoms with van der Waals surface area (Å²) in [5.41, 5.74) is 0.484. The molecule has 4 nitrogen and oxygen atoms in total. The van der Waals surface area contributed by atoms with E-state index in [0.29, 0.717) is 12.7 Å². The van der Waals surface area contributed by atoms with Gasteiger partial charge in [-0.25, -0.2) is 0 Å². The Balaban J connectivity index is 3.52. The second-order valence-electron chi connectivity index (χ2n) is 2.97. The number of aromatic hydroxyl groups is 3. The third-order valence-corrected chi connectivity index (χ3v) is 5.30. The molecular weight excluding hydrogens is 426 g/mol. The fourth-order valence-electron chi connectivity index (χ4n) is 1.16. The van der Waals surface area contributed by atoms with Crippen LogP contribution in [0.2, 0.25) is 0 Å². The molecule has 15 heavy (non-hydrogen) atoms. The largest absolute Gasteiger partial charge is 0.504 e. The normalized spacial score (nSPS) is 12.8. The van der Waals surface area contributed by atoms with Gasteiger partial charge in [-0.05, 0) is 52.1 Å². The molecule has 0 aliphatic carbocycles. The number of phenolic OH excluding ortho intramolecular Hbond substituents is 3. The predicted octanol–water partition coefficient (Wildman–Crippen LogP) is 2.72. The minimum atomic E-state index is -0.501. The molecule has 1 rings (SSSR count). The van der Waals surface area contributed by atoms with Crippen molar-refractivity contribution in [2.45, 2.75) is 13.0 Å². The Hall–Kier alpha value is 0.0400. The van der Waals surface area contributed by atoms with Crippen molar-refractivity contribution in [3.63, 3.8) is 0 Å². The van der Waals surface area contributed by atoms with E-state index < -0.39 is 5.75 Å². The molecule has 0 radical (unpaired) electrons. The molecule has 1 aromatic carbocycles. The number of methoxy groups -OCH3 is 1. The molecule has 0 saturated heterocycles. The number of hydrogen-bond donors (Lipinski definition) is 3. The van der Waals surface area contributed by atoms with E-state index >= 15 is 0 Å². The van der Waals surface area contributed by atoms with Crippen molar-refractivity contribution in [1.29, 1.82) is 0 Å². The van der Waals surface area contributed by atoms with Gasteiger partial charge in [0.15, 0.2) is 11.5 Å². The average Bonchev–Trinajstić information content (AvgIpc) is 2.23. The number of ether oxygens (including phenoxy) is 1. The van der Waals surface area contributed by atoms with Gasteiger partial charge in [-0.2, -0.15) is 0 Å². The van der Waals surface area contributed by atoms with Crippen molar-refractivity contribution in [3.05, 3.63) is 12.7 Å². The van der Waals surface area contributed by atoms with Crippen molar-refractivity contribution in [2.24, 2.45) is 0 Å². The summed E-state index contributed by atoms with van der Waals surface area (Å²) in [6.45, 7) is 1.75. The lowest BCUT2D eigenvalue weighted by Gasteiger charge is -2.17. The van der Waals surface area contributed by atoms with Crippen molar-refractivity contribution in [3.8, 4) is 17.2 Å². The fourth-order valence-corrected chi connectivity index (χ4v) is 2.65. The van der Waals surface area contributed by atoms with Crippen molar-refractivity contribution >= 4 is 45.2 Å². The molecule has 0 bridgehead atoms. The zero-order valence-corrected chi connectivity index (χ0v) is 12.4. The lowest BCUT2D eigenvalue weighted by Crippen LogP contribution is -2.01. The molecule has 1 unspecified atom stereocenters. The molecule has 0 aliphatic heterocycles. The Morgan fingerprint density at radius 2 is 1.53 bits per heavy atom. The Kier molecular flexibility index (Phi) is 4.29. The third-order valence-electron chi connectivity index (χ3n) is 2.10. The van der Waals surface area contributed by atoms with E-state index in [1.165, 1.54) is 7.11 Å². The molecule has 84 valence electrons. The molecule has 6 heteroatoms. The first kappa shape index (κ1) is 13.1. The first-order chi connectivity index (χ1) is 6.91. The van der Waals surface area contributed by atoms with E-state index in [4.69, 9.17) is 4.74 Å². The van der Waals surface area contributed by atoms with Gasteiger partial charge in [0.1, 0.15) is 0 Å². The van der Waals surface area contributed by atoms with Crippen LogP contribution in [0, 0.1) is 7.14 Å². The van der Waals surface area contributed by atoms with Crippen LogP contribution in [0.4, 0.5) is 0 Å². The van der Waals surface area contributed by atoms with Crippen LogP contribution in [0.25, 0.3) is 0 Å². The summed E-state index contributed by atoms with van der Waals surface area (Å²) in [6.07, 6.45) is -0.350. The van der Waals surface area contributed by atoms with Gasteiger partial charge >= 0.3 is 0 Å². The zero-order valence-electron chi connectivity index (χ0n) is 8.08. The van der Waals surface area contributed by atoms with Crippen molar-refractivity contribution in [1.82, 2.24) is 0 Å². The summed E-state index contributed by atoms with van der Waals surface area (Å²) in [7, 11) is 1.51. The highest BCUT2D eigenvalue weighted by molar-refractivity contribution is 14.1. The van der Waals surface area contributed by atoms with Gasteiger partial charge in [-0.1, -0.05) is 0 Å². The van der Waals surface area contributed by atoms with Crippen LogP contribution in [0.5, 0.6) is 17.2 Å². The molecular formula is C9H10I2O4. The van der Waals surface area contributed by atoms with E-state index in [9.17, 15) is 15.3 Å². The van der Waals surface area contributed by atoms with Gasteiger partial charge in [0, 0.05) is 16.2 Å². The maximum absolute atomic E-state index is 9.69. The molecule has 0 amide bonds. The molecule has 0 spiro atoms. The van der Waals surface area contributed by atoms with E-state index in [1.54, 1.807) is 6.92 Å². The first-order valence-corrected chi connectivity index (χ1v) is 6.22. The second kappa shape index (κ2) is 4.91. The maximum Gasteiger partial charge on any atom is 0.201 e. The standard InChI is InChI=1S/C9H10I2O4/c1-3(15-2)4-5(10)6(11)8(13)9(14)7(4)12/h3,12-14H,1-2H3. The zero-order chi connectivity index (χ0) is 11.7. The predicted molar refractivity (Wildman–Crippen MR) is 72.3 cm³/mol. The SMILES string of the molecule is COC(C)c1c(O)c(O)c(O)c(I)c1I. The van der Waals surface area contributed by atoms with Gasteiger partial charge < -0.3 is 20.1 Å². The van der Waals surface area contributed by atoms with E-state index in [0.717, 1.165) is 0 Å². The molecule has 0 aromatic heterocycles. The van der Waals surface area contributed by atoms with E-state index in [2.05, 4.69) is 0 Å². The Morgan fingerprint density at radius 3 is 2.00 bits per heavy atom. The summed E-state index contributed by atoms with van der Waals surface area (Å²) in [4.78, 5) is 0. The smallest absolute Gasteiger partial charge is 0.201 e. The Morgan fingerprint density at radius 1 is 1.00 bits per heavy atom. The lowest BCUT2D eigenvalue weighted by molar-refractivity contribution is 0.115. The summed E-state index contributed by atoms with van der Waals surface area (Å²) in [5, 5.41) is 28.6. The van der Waals surface area contributed by atoms with Crippen LogP contribution >= 0.6 is 45.2 Å². The molecule has 0 fully saturated rings. The first-order valence-electron chi connectivity index (χ1n) is 4.06. The molecule has 0 saturated carbocycles. The number of halogens is 2. The molecule has 0 aliphatic rings. The van der Waals surface area contributed by atoms with Gasteiger partial charge in [0.2, 0.25) is 5.75 Å². The summed E-state index contributed by atoms with van der Waals surface area (Å²) >= 11 is 3.90. The lowest BCUT2D eigenvalue weighted by atomic mass is 10.1. The monoisotopic (exact) mass is 436 g/mol. The fraction of sp³-hybridized carbons (Fsp3) is 0.333. The van der Waals surface area contributed by atoms with E-state index in [1.807, 2.05) is 45.2 Å². The highest BCUT2D eigenvalue weighted by atomic mass is 127. The Labute approximate surface area is 115 Å². The number of hydrogen-bond acceptors (Lipinski definition) is 4. The number of phenols is 3. The van der Waals surface area contributed by atoms with Crippen molar-refractivity contribution < 1.29 is 20.1 Å². The van der Waals surface area contributed by atoms with Crippen molar-refractivity contribution in [2.75, 3.05) is 7.11 Å². The summed E-state index contributed by atoms with van der Waals surface area (Å²) in [6, 6.07) is 0. The van der Waals surface area contributed by atoms with Crippen LogP contribution in [-0.4, -0.2) is 22.4 Å². The summed E-state index contributed by atoms with van der Waals surface area (Å²) < 4.78 is 6.27. The second-order valence-corrected chi connectivity index (χ2v) is 5.12. The van der Waals surface area contributed by atoms with Gasteiger partial charge in [0.25, 0.3) is 0 Å². The topological polar surface area (TPSA) is 69.9 Å². The minimum Gasteiger partial charge on any atom is -0.504 e. The van der Waals surface area contributed by atoms with Crippen LogP contribution in [0.3, 0.4) is 0 Å². The average molecular weight is 436 g/mol. The highest BCUT2D eigenvalue weighted by Crippen LogP contribution is 2.46. The summed E-state index contributed by atoms with van der Waals surface area (Å²) in [5.74, 6) is -1.13. The molecule has 1 atom stereocenters. The highest BCUT2D eigenvalue weighted by Gasteiger charge is 2.23. The third kappa shape index (κ3) is 2.26. The number of rotatable bonds is 2. The van der Waals surface area contributed by atoms with Crippen LogP contribution in [0.1, 0.15) is 18.6 Å². The van der Waals surface area contributed by atoms with Crippen LogP contribution in [0.15, 0.2) is 0 Å². The van der Waals surface area contributed by atoms with Crippen LogP contribution in [-0.2, 0) is 4.74 Å². The van der Waals surface area contributed by atoms with Gasteiger partial charge in [0.05, 0.1) is 9.67 Å². The minimum absolute atomic E-state index is 0.301. The van der Waals surface area contributed by atoms with Gasteiger partial charge in [-0.3, -0.25) is 0 Å². The number of benzene rings is 1. The molecule has 1 aromatic rings. The van der Waals surface area contributed by atoms with E-state index in [-0.39, 0.29) is 17.6 Å². The maximum atomic E-state index is 9.69. The van der Waals surface area contributed by atoms with Crippen LogP contribution < -0.4 is 0 Å². The Bertz CT molecular complexity index is 363. The molecule has 0 heterocycles. The quantitative estimate of drug-likeness (QED) is 0.493. The van der Waals surface area contributed by atoms with Gasteiger partial charge in [-0.15, -0.1) is 0 Å².